The van der Waals surface area contributed by atoms with Crippen LogP contribution < -0.4 is 0 Å². The van der Waals surface area contributed by atoms with Crippen LogP contribution in [-0.4, -0.2) is 28.6 Å². The molecule has 0 saturated carbocycles. The lowest BCUT2D eigenvalue weighted by molar-refractivity contribution is 0.311. The van der Waals surface area contributed by atoms with Gasteiger partial charge in [0.25, 0.3) is 0 Å². The second-order valence-electron chi connectivity index (χ2n) is 1.36. The van der Waals surface area contributed by atoms with Gasteiger partial charge in [0, 0.05) is 0 Å². The van der Waals surface area contributed by atoms with Gasteiger partial charge in [0.2, 0.25) is 0 Å². The second-order valence-corrected chi connectivity index (χ2v) is 3.19. The Morgan fingerprint density at radius 1 is 1.22 bits per heavy atom. The van der Waals surface area contributed by atoms with Crippen molar-refractivity contribution in [3.05, 3.63) is 0 Å². The van der Waals surface area contributed by atoms with Crippen LogP contribution in [0.3, 0.4) is 0 Å². The Hall–Kier alpha value is 0.690. The van der Waals surface area contributed by atoms with Gasteiger partial charge in [0.05, 0.1) is 0 Å². The summed E-state index contributed by atoms with van der Waals surface area (Å²) in [6.07, 6.45) is 0. The molecular weight excluding hydrogens is 188 g/mol. The van der Waals surface area contributed by atoms with Crippen molar-refractivity contribution in [2.75, 3.05) is 14.1 Å². The van der Waals surface area contributed by atoms with Crippen molar-refractivity contribution in [3.63, 3.8) is 0 Å². The maximum absolute atomic E-state index is 9.95. The van der Waals surface area contributed by atoms with Gasteiger partial charge in [-0.3, -0.25) is 0 Å². The fraction of sp³-hybridized carbons (Fsp3) is 1.00. The summed E-state index contributed by atoms with van der Waals surface area (Å²) in [5.41, 5.74) is 0. The lowest BCUT2D eigenvalue weighted by Crippen LogP contribution is -2.05. The summed E-state index contributed by atoms with van der Waals surface area (Å²) in [6, 6.07) is 0. The summed E-state index contributed by atoms with van der Waals surface area (Å²) in [7, 11) is -1.26. The number of halogens is 2. The number of nitrogens with zero attached hydrogens (tertiary/aromatic N) is 1. The van der Waals surface area contributed by atoms with Gasteiger partial charge in [0.15, 0.2) is 0 Å². The Morgan fingerprint density at radius 2 is 1.33 bits per heavy atom. The van der Waals surface area contributed by atoms with Crippen LogP contribution in [-0.2, 0) is 4.57 Å². The molecule has 9 heavy (non-hydrogen) atoms. The minimum atomic E-state index is -3.90. The first-order valence-corrected chi connectivity index (χ1v) is 3.24. The number of rotatable bonds is 1. The molecule has 0 saturated heterocycles. The Kier molecular flexibility index (Phi) is 9.94. The lowest BCUT2D eigenvalue weighted by atomic mass is 11.3. The van der Waals surface area contributed by atoms with Gasteiger partial charge in [-0.1, -0.05) is 0 Å². The molecule has 4 nitrogen and oxygen atoms in total. The molecule has 0 unspecified atom stereocenters. The summed E-state index contributed by atoms with van der Waals surface area (Å²) < 4.78 is 10.8. The monoisotopic (exact) mass is 197 g/mol. The lowest BCUT2D eigenvalue weighted by Gasteiger charge is -2.09. The summed E-state index contributed by atoms with van der Waals surface area (Å²) >= 11 is 0. The zero-order valence-corrected chi connectivity index (χ0v) is 7.54. The average Bonchev–Trinajstić information content (AvgIpc) is 1.31. The molecule has 60 valence electrons. The maximum atomic E-state index is 9.95. The van der Waals surface area contributed by atoms with E-state index in [1.54, 1.807) is 0 Å². The zero-order valence-electron chi connectivity index (χ0n) is 5.01. The van der Waals surface area contributed by atoms with Gasteiger partial charge in [-0.05, 0) is 14.1 Å². The van der Waals surface area contributed by atoms with Crippen LogP contribution in [0, 0.1) is 0 Å². The Morgan fingerprint density at radius 3 is 1.33 bits per heavy atom. The molecule has 0 aliphatic rings. The molecule has 0 aromatic rings. The number of hydrogen-bond donors (Lipinski definition) is 2. The minimum absolute atomic E-state index is 0. The maximum Gasteiger partial charge on any atom is 0.402 e. The van der Waals surface area contributed by atoms with Crippen LogP contribution in [0.15, 0.2) is 0 Å². The summed E-state index contributed by atoms with van der Waals surface area (Å²) in [6.45, 7) is 0. The van der Waals surface area contributed by atoms with Gasteiger partial charge in [0.1, 0.15) is 0 Å². The Balaban J connectivity index is -0.000000180. The van der Waals surface area contributed by atoms with E-state index in [0.717, 1.165) is 4.67 Å². The fourth-order valence-electron chi connectivity index (χ4n) is 0. The molecule has 0 aliphatic heterocycles. The van der Waals surface area contributed by atoms with Crippen molar-refractivity contribution >= 4 is 32.6 Å². The predicted molar refractivity (Wildman–Crippen MR) is 40.2 cm³/mol. The third kappa shape index (κ3) is 8.69. The van der Waals surface area contributed by atoms with E-state index in [2.05, 4.69) is 0 Å². The van der Waals surface area contributed by atoms with Gasteiger partial charge in [-0.15, -0.1) is 24.8 Å². The van der Waals surface area contributed by atoms with Crippen LogP contribution in [0.25, 0.3) is 0 Å². The molecular formula is C2H10Cl2NO3P. The van der Waals surface area contributed by atoms with Crippen LogP contribution in [0.4, 0.5) is 0 Å². The van der Waals surface area contributed by atoms with Crippen LogP contribution in [0.5, 0.6) is 0 Å². The van der Waals surface area contributed by atoms with E-state index in [9.17, 15) is 4.57 Å². The molecule has 0 aromatic heterocycles. The van der Waals surface area contributed by atoms with Crippen molar-refractivity contribution in [3.8, 4) is 0 Å². The van der Waals surface area contributed by atoms with Gasteiger partial charge >= 0.3 is 7.75 Å². The SMILES string of the molecule is CN(C)P(=O)(O)O.Cl.Cl. The molecule has 0 atom stereocenters. The second kappa shape index (κ2) is 5.47. The van der Waals surface area contributed by atoms with Crippen LogP contribution >= 0.6 is 32.6 Å². The largest absolute Gasteiger partial charge is 0.402 e. The van der Waals surface area contributed by atoms with E-state index in [1.165, 1.54) is 14.1 Å². The molecule has 0 fully saturated rings. The van der Waals surface area contributed by atoms with Crippen molar-refractivity contribution in [1.82, 2.24) is 4.67 Å². The van der Waals surface area contributed by atoms with Crippen molar-refractivity contribution in [2.45, 2.75) is 0 Å². The molecule has 0 heterocycles. The predicted octanol–water partition coefficient (Wildman–Crippen LogP) is 0.484. The van der Waals surface area contributed by atoms with E-state index >= 15 is 0 Å². The Labute approximate surface area is 66.3 Å². The zero-order chi connectivity index (χ0) is 6.08. The highest BCUT2D eigenvalue weighted by Crippen LogP contribution is 2.35. The molecule has 0 spiro atoms. The van der Waals surface area contributed by atoms with E-state index in [1.807, 2.05) is 0 Å². The first-order valence-electron chi connectivity index (χ1n) is 1.68. The van der Waals surface area contributed by atoms with Gasteiger partial charge < -0.3 is 9.79 Å². The fourth-order valence-corrected chi connectivity index (χ4v) is 0. The molecule has 0 radical (unpaired) electrons. The van der Waals surface area contributed by atoms with Gasteiger partial charge in [-0.2, -0.15) is 0 Å². The molecule has 0 bridgehead atoms. The molecule has 0 aliphatic carbocycles. The highest BCUT2D eigenvalue weighted by atomic mass is 35.5. The van der Waals surface area contributed by atoms with E-state index in [4.69, 9.17) is 9.79 Å². The summed E-state index contributed by atoms with van der Waals surface area (Å²) in [5.74, 6) is 0. The van der Waals surface area contributed by atoms with Crippen LogP contribution in [0.1, 0.15) is 0 Å². The van der Waals surface area contributed by atoms with Crippen molar-refractivity contribution in [1.29, 1.82) is 0 Å². The highest BCUT2D eigenvalue weighted by Gasteiger charge is 2.14. The highest BCUT2D eigenvalue weighted by molar-refractivity contribution is 7.49. The van der Waals surface area contributed by atoms with E-state index in [-0.39, 0.29) is 24.8 Å². The standard InChI is InChI=1S/C2H8NO3P.2ClH/c1-3(2)7(4,5)6;;/h1-2H3,(H2,4,5,6);2*1H. The topological polar surface area (TPSA) is 60.8 Å². The quantitative estimate of drug-likeness (QED) is 0.601. The molecule has 7 heteroatoms. The molecule has 0 amide bonds. The summed E-state index contributed by atoms with van der Waals surface area (Å²) in [4.78, 5) is 16.3. The third-order valence-electron chi connectivity index (χ3n) is 0.521. The normalized spacial score (nSPS) is 9.89. The molecule has 0 aromatic carbocycles. The van der Waals surface area contributed by atoms with Gasteiger partial charge in [-0.25, -0.2) is 9.24 Å². The Bertz CT molecular complexity index is 102. The average molecular weight is 198 g/mol. The molecule has 0 rings (SSSR count). The van der Waals surface area contributed by atoms with Crippen molar-refractivity contribution in [2.24, 2.45) is 0 Å². The first kappa shape index (κ1) is 16.3. The molecule has 2 N–H and O–H groups in total. The summed E-state index contributed by atoms with van der Waals surface area (Å²) in [5, 5.41) is 0. The smallest absolute Gasteiger partial charge is 0.312 e. The van der Waals surface area contributed by atoms with Crippen molar-refractivity contribution < 1.29 is 14.4 Å². The number of hydrogen-bond acceptors (Lipinski definition) is 1. The van der Waals surface area contributed by atoms with E-state index in [0.29, 0.717) is 0 Å². The van der Waals surface area contributed by atoms with E-state index < -0.39 is 7.75 Å². The third-order valence-corrected chi connectivity index (χ3v) is 1.56. The first-order chi connectivity index (χ1) is 2.94. The van der Waals surface area contributed by atoms with Crippen LogP contribution in [0.2, 0.25) is 0 Å². The minimum Gasteiger partial charge on any atom is -0.312 e.